The van der Waals surface area contributed by atoms with E-state index in [-0.39, 0.29) is 19.4 Å². The van der Waals surface area contributed by atoms with Crippen LogP contribution in [0.4, 0.5) is 0 Å². The van der Waals surface area contributed by atoms with Crippen molar-refractivity contribution in [1.29, 1.82) is 0 Å². The summed E-state index contributed by atoms with van der Waals surface area (Å²) in [6.45, 7) is 5.07. The maximum absolute atomic E-state index is 12.1. The zero-order valence-corrected chi connectivity index (χ0v) is 22.7. The fourth-order valence-corrected chi connectivity index (χ4v) is 4.00. The smallest absolute Gasteiger partial charge is 0.462 e. The molecule has 35 heavy (non-hydrogen) atoms. The number of hydrogen-bond donors (Lipinski definition) is 2. The molecule has 0 aliphatic rings. The average molecular weight is 521 g/mol. The number of unbranched alkanes of at least 4 members (excludes halogenated alkanes) is 14. The molecule has 0 aliphatic heterocycles. The second-order valence-corrected chi connectivity index (χ2v) is 10.3. The molecule has 0 amide bonds. The van der Waals surface area contributed by atoms with Gasteiger partial charge in [-0.3, -0.25) is 14.1 Å². The molecular weight excluding hydrogens is 471 g/mol. The Balaban J connectivity index is 4.09. The van der Waals surface area contributed by atoms with Crippen LogP contribution in [0.15, 0.2) is 12.7 Å². The Kier molecular flexibility index (Phi) is 22.4. The molecule has 2 N–H and O–H groups in total. The van der Waals surface area contributed by atoms with Crippen molar-refractivity contribution >= 4 is 19.8 Å². The first-order valence-electron chi connectivity index (χ1n) is 13.4. The lowest BCUT2D eigenvalue weighted by Gasteiger charge is -2.18. The van der Waals surface area contributed by atoms with E-state index in [0.29, 0.717) is 6.42 Å². The van der Waals surface area contributed by atoms with E-state index in [2.05, 4.69) is 18.0 Å². The molecule has 0 unspecified atom stereocenters. The summed E-state index contributed by atoms with van der Waals surface area (Å²) in [5.74, 6) is -0.914. The van der Waals surface area contributed by atoms with E-state index in [9.17, 15) is 14.2 Å². The SMILES string of the molecule is C=CCCCCCCCC(=O)O[C@@H](COC(=O)CCCCCCCCCCCC)COP(=O)(O)O. The first-order chi connectivity index (χ1) is 16.8. The molecule has 0 aromatic rings. The summed E-state index contributed by atoms with van der Waals surface area (Å²) in [6.07, 6.45) is 18.6. The van der Waals surface area contributed by atoms with Gasteiger partial charge in [-0.2, -0.15) is 0 Å². The monoisotopic (exact) mass is 520 g/mol. The van der Waals surface area contributed by atoms with Gasteiger partial charge >= 0.3 is 19.8 Å². The van der Waals surface area contributed by atoms with Crippen molar-refractivity contribution in [1.82, 2.24) is 0 Å². The third-order valence-electron chi connectivity index (χ3n) is 5.68. The van der Waals surface area contributed by atoms with Gasteiger partial charge in [0.1, 0.15) is 6.61 Å². The number of ether oxygens (including phenoxy) is 2. The first-order valence-corrected chi connectivity index (χ1v) is 15.0. The molecule has 1 atom stereocenters. The quantitative estimate of drug-likeness (QED) is 0.0585. The summed E-state index contributed by atoms with van der Waals surface area (Å²) in [7, 11) is -4.73. The molecule has 0 aromatic heterocycles. The van der Waals surface area contributed by atoms with Crippen LogP contribution in [0.3, 0.4) is 0 Å². The highest BCUT2D eigenvalue weighted by Crippen LogP contribution is 2.35. The average Bonchev–Trinajstić information content (AvgIpc) is 2.81. The fourth-order valence-electron chi connectivity index (χ4n) is 3.64. The molecule has 206 valence electrons. The van der Waals surface area contributed by atoms with Crippen molar-refractivity contribution in [3.8, 4) is 0 Å². The molecule has 0 bridgehead atoms. The molecule has 0 fully saturated rings. The topological polar surface area (TPSA) is 119 Å². The van der Waals surface area contributed by atoms with E-state index in [4.69, 9.17) is 19.3 Å². The highest BCUT2D eigenvalue weighted by Gasteiger charge is 2.22. The Hall–Kier alpha value is -1.21. The maximum atomic E-state index is 12.1. The number of carbonyl (C=O) groups is 2. The van der Waals surface area contributed by atoms with Crippen LogP contribution in [0, 0.1) is 0 Å². The van der Waals surface area contributed by atoms with Crippen molar-refractivity contribution in [2.24, 2.45) is 0 Å². The Bertz CT molecular complexity index is 590. The maximum Gasteiger partial charge on any atom is 0.469 e. The van der Waals surface area contributed by atoms with Crippen molar-refractivity contribution in [3.05, 3.63) is 12.7 Å². The Morgan fingerprint density at radius 1 is 0.771 bits per heavy atom. The normalized spacial score (nSPS) is 12.3. The van der Waals surface area contributed by atoms with Crippen LogP contribution in [-0.2, 0) is 28.2 Å². The van der Waals surface area contributed by atoms with Crippen LogP contribution in [-0.4, -0.2) is 41.0 Å². The van der Waals surface area contributed by atoms with Crippen LogP contribution in [0.5, 0.6) is 0 Å². The zero-order valence-electron chi connectivity index (χ0n) is 21.8. The Labute approximate surface area is 212 Å². The van der Waals surface area contributed by atoms with E-state index < -0.39 is 32.5 Å². The summed E-state index contributed by atoms with van der Waals surface area (Å²) in [4.78, 5) is 42.0. The second kappa shape index (κ2) is 23.2. The predicted molar refractivity (Wildman–Crippen MR) is 138 cm³/mol. The van der Waals surface area contributed by atoms with E-state index in [1.807, 2.05) is 6.08 Å². The van der Waals surface area contributed by atoms with Crippen LogP contribution in [0.25, 0.3) is 0 Å². The molecule has 0 aliphatic carbocycles. The van der Waals surface area contributed by atoms with Gasteiger partial charge in [-0.1, -0.05) is 90.0 Å². The zero-order chi connectivity index (χ0) is 26.2. The summed E-state index contributed by atoms with van der Waals surface area (Å²) in [5.41, 5.74) is 0. The molecule has 0 saturated heterocycles. The van der Waals surface area contributed by atoms with Gasteiger partial charge in [0, 0.05) is 12.8 Å². The number of carbonyl (C=O) groups excluding carboxylic acids is 2. The fraction of sp³-hybridized carbons (Fsp3) is 0.846. The lowest BCUT2D eigenvalue weighted by molar-refractivity contribution is -0.161. The number of rotatable bonds is 25. The highest BCUT2D eigenvalue weighted by molar-refractivity contribution is 7.46. The number of allylic oxidation sites excluding steroid dienone is 1. The van der Waals surface area contributed by atoms with E-state index in [1.165, 1.54) is 44.9 Å². The van der Waals surface area contributed by atoms with Crippen LogP contribution >= 0.6 is 7.82 Å². The Morgan fingerprint density at radius 3 is 1.77 bits per heavy atom. The van der Waals surface area contributed by atoms with E-state index >= 15 is 0 Å². The van der Waals surface area contributed by atoms with Crippen molar-refractivity contribution in [2.75, 3.05) is 13.2 Å². The summed E-state index contributed by atoms with van der Waals surface area (Å²) >= 11 is 0. The third kappa shape index (κ3) is 25.7. The molecule has 0 radical (unpaired) electrons. The lowest BCUT2D eigenvalue weighted by atomic mass is 10.1. The number of esters is 2. The van der Waals surface area contributed by atoms with Gasteiger partial charge in [0.05, 0.1) is 6.61 Å². The number of phosphoric ester groups is 1. The lowest BCUT2D eigenvalue weighted by Crippen LogP contribution is -2.29. The predicted octanol–water partition coefficient (Wildman–Crippen LogP) is 6.78. The Morgan fingerprint density at radius 2 is 1.26 bits per heavy atom. The minimum absolute atomic E-state index is 0.195. The van der Waals surface area contributed by atoms with Gasteiger partial charge in [0.15, 0.2) is 6.10 Å². The molecule has 0 spiro atoms. The largest absolute Gasteiger partial charge is 0.469 e. The van der Waals surface area contributed by atoms with Gasteiger partial charge in [0.25, 0.3) is 0 Å². The molecule has 0 aromatic carbocycles. The summed E-state index contributed by atoms with van der Waals surface area (Å²) in [6, 6.07) is 0. The van der Waals surface area contributed by atoms with Crippen LogP contribution in [0.1, 0.15) is 122 Å². The molecule has 0 heterocycles. The third-order valence-corrected chi connectivity index (χ3v) is 6.17. The minimum atomic E-state index is -4.73. The molecular formula is C26H49O8P. The van der Waals surface area contributed by atoms with Crippen molar-refractivity contribution < 1.29 is 37.9 Å². The molecule has 8 nitrogen and oxygen atoms in total. The van der Waals surface area contributed by atoms with Gasteiger partial charge in [-0.25, -0.2) is 4.57 Å². The molecule has 0 rings (SSSR count). The molecule has 0 saturated carbocycles. The number of phosphoric acid groups is 1. The first kappa shape index (κ1) is 33.8. The number of hydrogen-bond acceptors (Lipinski definition) is 6. The van der Waals surface area contributed by atoms with Crippen molar-refractivity contribution in [2.45, 2.75) is 129 Å². The van der Waals surface area contributed by atoms with Gasteiger partial charge in [-0.05, 0) is 25.7 Å². The summed E-state index contributed by atoms with van der Waals surface area (Å²) in [5, 5.41) is 0. The van der Waals surface area contributed by atoms with Gasteiger partial charge < -0.3 is 19.3 Å². The second-order valence-electron chi connectivity index (χ2n) is 9.11. The molecule has 9 heteroatoms. The highest BCUT2D eigenvalue weighted by atomic mass is 31.2. The van der Waals surface area contributed by atoms with Gasteiger partial charge in [-0.15, -0.1) is 6.58 Å². The standard InChI is InChI=1S/C26H49O8P/c1-3-5-7-9-11-12-13-15-16-18-20-25(27)32-22-24(23-33-35(29,30)31)34-26(28)21-19-17-14-10-8-6-4-2/h4,24H,2-3,5-23H2,1H3,(H2,29,30,31)/t24-/m0/s1. The summed E-state index contributed by atoms with van der Waals surface area (Å²) < 4.78 is 25.9. The van der Waals surface area contributed by atoms with Crippen LogP contribution < -0.4 is 0 Å². The van der Waals surface area contributed by atoms with E-state index in [0.717, 1.165) is 51.4 Å². The minimum Gasteiger partial charge on any atom is -0.462 e. The van der Waals surface area contributed by atoms with E-state index in [1.54, 1.807) is 0 Å². The van der Waals surface area contributed by atoms with Crippen molar-refractivity contribution in [3.63, 3.8) is 0 Å². The van der Waals surface area contributed by atoms with Gasteiger partial charge in [0.2, 0.25) is 0 Å². The van der Waals surface area contributed by atoms with Crippen LogP contribution in [0.2, 0.25) is 0 Å².